The maximum absolute atomic E-state index is 10.4. The highest BCUT2D eigenvalue weighted by molar-refractivity contribution is 5.26. The van der Waals surface area contributed by atoms with Crippen molar-refractivity contribution in [1.82, 2.24) is 0 Å². The van der Waals surface area contributed by atoms with E-state index in [-0.39, 0.29) is 5.41 Å². The average Bonchev–Trinajstić information content (AvgIpc) is 2.97. The summed E-state index contributed by atoms with van der Waals surface area (Å²) < 4.78 is 0. The standard InChI is InChI=1S/C37H61N/c1-4-6-8-10-11-13-15-17-33-26-28-37(30-38,29-27-33)31(3)34-22-24-36(25-23-34)35-20-18-32(19-21-35)16-14-12-9-7-5-2/h18-21,31,33-34,36H,4-17,22-29H2,1-3H3. The minimum absolute atomic E-state index is 0.0487. The third-order valence-electron chi connectivity index (χ3n) is 10.8. The van der Waals surface area contributed by atoms with Crippen molar-refractivity contribution >= 4 is 0 Å². The van der Waals surface area contributed by atoms with Crippen LogP contribution in [-0.4, -0.2) is 0 Å². The number of unbranched alkanes of at least 4 members (excludes halogenated alkanes) is 10. The number of nitriles is 1. The molecule has 214 valence electrons. The van der Waals surface area contributed by atoms with Gasteiger partial charge in [0, 0.05) is 0 Å². The van der Waals surface area contributed by atoms with Crippen molar-refractivity contribution in [2.24, 2.45) is 23.2 Å². The van der Waals surface area contributed by atoms with E-state index in [0.29, 0.717) is 5.92 Å². The van der Waals surface area contributed by atoms with Gasteiger partial charge in [0.15, 0.2) is 0 Å². The monoisotopic (exact) mass is 519 g/mol. The lowest BCUT2D eigenvalue weighted by Crippen LogP contribution is -2.37. The molecule has 0 aromatic heterocycles. The van der Waals surface area contributed by atoms with Crippen LogP contribution < -0.4 is 0 Å². The van der Waals surface area contributed by atoms with E-state index in [1.165, 1.54) is 134 Å². The van der Waals surface area contributed by atoms with E-state index >= 15 is 0 Å². The SMILES string of the molecule is CCCCCCCCCC1CCC(C#N)(C(C)C2CCC(c3ccc(CCCCCCC)cc3)CC2)CC1. The molecule has 1 aromatic rings. The Hall–Kier alpha value is -1.29. The number of hydrogen-bond donors (Lipinski definition) is 0. The summed E-state index contributed by atoms with van der Waals surface area (Å²) in [7, 11) is 0. The molecule has 1 aromatic carbocycles. The van der Waals surface area contributed by atoms with Crippen LogP contribution in [0.4, 0.5) is 0 Å². The van der Waals surface area contributed by atoms with Gasteiger partial charge in [0.05, 0.1) is 11.5 Å². The zero-order valence-electron chi connectivity index (χ0n) is 25.6. The van der Waals surface area contributed by atoms with Crippen LogP contribution in [0.15, 0.2) is 24.3 Å². The number of benzene rings is 1. The average molecular weight is 520 g/mol. The third-order valence-corrected chi connectivity index (χ3v) is 10.8. The molecule has 0 radical (unpaired) electrons. The van der Waals surface area contributed by atoms with E-state index in [2.05, 4.69) is 51.1 Å². The highest BCUT2D eigenvalue weighted by Gasteiger charge is 2.43. The van der Waals surface area contributed by atoms with Crippen LogP contribution in [0.25, 0.3) is 0 Å². The molecule has 0 heterocycles. The predicted molar refractivity (Wildman–Crippen MR) is 165 cm³/mol. The van der Waals surface area contributed by atoms with Gasteiger partial charge in [0.1, 0.15) is 0 Å². The van der Waals surface area contributed by atoms with E-state index < -0.39 is 0 Å². The summed E-state index contributed by atoms with van der Waals surface area (Å²) in [6, 6.07) is 12.6. The fourth-order valence-electron chi connectivity index (χ4n) is 7.83. The van der Waals surface area contributed by atoms with E-state index in [1.807, 2.05) is 0 Å². The van der Waals surface area contributed by atoms with E-state index in [0.717, 1.165) is 30.6 Å². The second-order valence-corrected chi connectivity index (χ2v) is 13.4. The van der Waals surface area contributed by atoms with Crippen LogP contribution in [0.1, 0.15) is 173 Å². The molecule has 0 amide bonds. The fourth-order valence-corrected chi connectivity index (χ4v) is 7.83. The maximum atomic E-state index is 10.4. The second-order valence-electron chi connectivity index (χ2n) is 13.4. The van der Waals surface area contributed by atoms with Gasteiger partial charge in [-0.15, -0.1) is 0 Å². The molecular formula is C37H61N. The van der Waals surface area contributed by atoms with Crippen LogP contribution >= 0.6 is 0 Å². The van der Waals surface area contributed by atoms with E-state index in [9.17, 15) is 5.26 Å². The molecule has 0 spiro atoms. The number of nitrogens with zero attached hydrogens (tertiary/aromatic N) is 1. The summed E-state index contributed by atoms with van der Waals surface area (Å²) in [6.45, 7) is 7.03. The summed E-state index contributed by atoms with van der Waals surface area (Å²) in [5.41, 5.74) is 3.03. The molecule has 2 fully saturated rings. The van der Waals surface area contributed by atoms with Gasteiger partial charge in [-0.2, -0.15) is 5.26 Å². The largest absolute Gasteiger partial charge is 0.198 e. The molecule has 0 aliphatic heterocycles. The molecule has 2 aliphatic carbocycles. The molecule has 1 atom stereocenters. The lowest BCUT2D eigenvalue weighted by Gasteiger charge is -2.44. The minimum atomic E-state index is -0.0487. The predicted octanol–water partition coefficient (Wildman–Crippen LogP) is 12.0. The van der Waals surface area contributed by atoms with Crippen molar-refractivity contribution in [3.63, 3.8) is 0 Å². The maximum Gasteiger partial charge on any atom is 0.0692 e. The highest BCUT2D eigenvalue weighted by Crippen LogP contribution is 2.51. The van der Waals surface area contributed by atoms with Crippen molar-refractivity contribution in [2.75, 3.05) is 0 Å². The molecule has 1 unspecified atom stereocenters. The van der Waals surface area contributed by atoms with Crippen LogP contribution in [-0.2, 0) is 6.42 Å². The van der Waals surface area contributed by atoms with Crippen molar-refractivity contribution in [1.29, 1.82) is 5.26 Å². The first-order valence-corrected chi connectivity index (χ1v) is 17.1. The number of rotatable bonds is 17. The first-order chi connectivity index (χ1) is 18.6. The van der Waals surface area contributed by atoms with Crippen LogP contribution in [0, 0.1) is 34.5 Å². The highest BCUT2D eigenvalue weighted by atomic mass is 14.5. The summed E-state index contributed by atoms with van der Waals surface area (Å²) >= 11 is 0. The van der Waals surface area contributed by atoms with Gasteiger partial charge in [0.25, 0.3) is 0 Å². The Kier molecular flexibility index (Phi) is 14.3. The molecule has 1 nitrogen and oxygen atoms in total. The van der Waals surface area contributed by atoms with Crippen molar-refractivity contribution in [3.8, 4) is 6.07 Å². The fraction of sp³-hybridized carbons (Fsp3) is 0.811. The molecule has 2 saturated carbocycles. The van der Waals surface area contributed by atoms with E-state index in [4.69, 9.17) is 0 Å². The first-order valence-electron chi connectivity index (χ1n) is 17.1. The van der Waals surface area contributed by atoms with Gasteiger partial charge in [-0.3, -0.25) is 0 Å². The second kappa shape index (κ2) is 17.4. The zero-order valence-corrected chi connectivity index (χ0v) is 25.6. The van der Waals surface area contributed by atoms with Gasteiger partial charge in [0.2, 0.25) is 0 Å². The molecule has 1 heteroatoms. The molecule has 2 aliphatic rings. The van der Waals surface area contributed by atoms with Gasteiger partial charge < -0.3 is 0 Å². The van der Waals surface area contributed by atoms with Gasteiger partial charge in [-0.1, -0.05) is 122 Å². The summed E-state index contributed by atoms with van der Waals surface area (Å²) in [5, 5.41) is 10.4. The lowest BCUT2D eigenvalue weighted by molar-refractivity contribution is 0.0776. The van der Waals surface area contributed by atoms with Crippen molar-refractivity contribution < 1.29 is 0 Å². The van der Waals surface area contributed by atoms with Gasteiger partial charge in [-0.05, 0) is 99.0 Å². The Morgan fingerprint density at radius 2 is 1.29 bits per heavy atom. The lowest BCUT2D eigenvalue weighted by atomic mass is 9.59. The summed E-state index contributed by atoms with van der Waals surface area (Å²) in [6.07, 6.45) is 29.5. The van der Waals surface area contributed by atoms with Gasteiger partial charge in [-0.25, -0.2) is 0 Å². The topological polar surface area (TPSA) is 23.8 Å². The molecular weight excluding hydrogens is 458 g/mol. The summed E-state index contributed by atoms with van der Waals surface area (Å²) in [5.74, 6) is 2.91. The molecule has 0 N–H and O–H groups in total. The van der Waals surface area contributed by atoms with Crippen molar-refractivity contribution in [3.05, 3.63) is 35.4 Å². The normalized spacial score (nSPS) is 26.6. The Balaban J connectivity index is 1.37. The first kappa shape index (κ1) is 31.2. The third kappa shape index (κ3) is 9.72. The Morgan fingerprint density at radius 3 is 1.87 bits per heavy atom. The number of hydrogen-bond acceptors (Lipinski definition) is 1. The van der Waals surface area contributed by atoms with Gasteiger partial charge >= 0.3 is 0 Å². The molecule has 0 bridgehead atoms. The Labute approximate surface area is 237 Å². The van der Waals surface area contributed by atoms with Crippen molar-refractivity contribution in [2.45, 2.75) is 168 Å². The number of aryl methyl sites for hydroxylation is 1. The molecule has 3 rings (SSSR count). The van der Waals surface area contributed by atoms with E-state index in [1.54, 1.807) is 5.56 Å². The smallest absolute Gasteiger partial charge is 0.0692 e. The Morgan fingerprint density at radius 1 is 0.737 bits per heavy atom. The molecule has 0 saturated heterocycles. The summed E-state index contributed by atoms with van der Waals surface area (Å²) in [4.78, 5) is 0. The minimum Gasteiger partial charge on any atom is -0.198 e. The van der Waals surface area contributed by atoms with Crippen LogP contribution in [0.5, 0.6) is 0 Å². The zero-order chi connectivity index (χ0) is 27.1. The van der Waals surface area contributed by atoms with Crippen LogP contribution in [0.3, 0.4) is 0 Å². The van der Waals surface area contributed by atoms with Crippen LogP contribution in [0.2, 0.25) is 0 Å². The molecule has 38 heavy (non-hydrogen) atoms. The quantitative estimate of drug-likeness (QED) is 0.188. The Bertz CT molecular complexity index is 770.